The first-order chi connectivity index (χ1) is 27.7. The molecule has 1 aliphatic heterocycles. The van der Waals surface area contributed by atoms with Crippen molar-refractivity contribution in [1.82, 2.24) is 15.0 Å². The van der Waals surface area contributed by atoms with Gasteiger partial charge in [-0.1, -0.05) is 164 Å². The fourth-order valence-corrected chi connectivity index (χ4v) is 8.09. The maximum Gasteiger partial charge on any atom is 0.187 e. The molecule has 262 valence electrons. The zero-order valence-corrected chi connectivity index (χ0v) is 30.2. The largest absolute Gasteiger partial charge is 0.457 e. The number of para-hydroxylation sites is 1. The summed E-state index contributed by atoms with van der Waals surface area (Å²) in [6.07, 6.45) is 0. The van der Waals surface area contributed by atoms with E-state index < -0.39 is 5.41 Å². The number of benzene rings is 8. The van der Waals surface area contributed by atoms with Crippen molar-refractivity contribution >= 4 is 16.5 Å². The summed E-state index contributed by atoms with van der Waals surface area (Å²) >= 11 is 0. The third-order valence-corrected chi connectivity index (χ3v) is 10.7. The first-order valence-corrected chi connectivity index (χ1v) is 18.5. The first kappa shape index (κ1) is 32.9. The molecule has 0 amide bonds. The fraction of sp³-hybridized carbons (Fsp3) is 0.0196. The molecule has 0 bridgehead atoms. The van der Waals surface area contributed by atoms with Gasteiger partial charge in [0.05, 0.1) is 12.0 Å². The Morgan fingerprint density at radius 2 is 1.00 bits per heavy atom. The summed E-state index contributed by atoms with van der Waals surface area (Å²) in [7, 11) is 0. The van der Waals surface area contributed by atoms with Crippen molar-refractivity contribution in [1.29, 1.82) is 0 Å². The summed E-state index contributed by atoms with van der Waals surface area (Å²) in [4.78, 5) is 19.2. The molecule has 0 saturated heterocycles. The number of aromatic nitrogens is 3. The van der Waals surface area contributed by atoms with Crippen molar-refractivity contribution in [2.75, 3.05) is 0 Å². The average molecular weight is 717 g/mol. The Morgan fingerprint density at radius 3 is 1.75 bits per heavy atom. The minimum absolute atomic E-state index is 0.557. The summed E-state index contributed by atoms with van der Waals surface area (Å²) in [6, 6.07) is 66.4. The minimum atomic E-state index is -0.686. The van der Waals surface area contributed by atoms with E-state index in [0.29, 0.717) is 23.2 Å². The van der Waals surface area contributed by atoms with Gasteiger partial charge in [-0.3, -0.25) is 0 Å². The van der Waals surface area contributed by atoms with Crippen molar-refractivity contribution in [2.45, 2.75) is 5.41 Å². The molecular weight excluding hydrogens is 685 g/mol. The Morgan fingerprint density at radius 1 is 0.429 bits per heavy atom. The number of nitrogens with zero attached hydrogens (tertiary/aromatic N) is 4. The first-order valence-electron chi connectivity index (χ1n) is 18.5. The Kier molecular flexibility index (Phi) is 8.01. The predicted molar refractivity (Wildman–Crippen MR) is 224 cm³/mol. The van der Waals surface area contributed by atoms with Crippen LogP contribution < -0.4 is 4.74 Å². The second-order valence-corrected chi connectivity index (χ2v) is 13.9. The van der Waals surface area contributed by atoms with E-state index in [9.17, 15) is 0 Å². The topological polar surface area (TPSA) is 52.3 Å². The van der Waals surface area contributed by atoms with Gasteiger partial charge in [0.2, 0.25) is 0 Å². The van der Waals surface area contributed by atoms with Crippen LogP contribution in [0.1, 0.15) is 22.3 Å². The molecule has 5 nitrogen and oxygen atoms in total. The maximum absolute atomic E-state index is 7.39. The van der Waals surface area contributed by atoms with E-state index in [4.69, 9.17) is 26.3 Å². The lowest BCUT2D eigenvalue weighted by atomic mass is 9.63. The molecule has 2 heterocycles. The summed E-state index contributed by atoms with van der Waals surface area (Å²) in [5.74, 6) is 3.31. The van der Waals surface area contributed by atoms with Crippen LogP contribution in [0.2, 0.25) is 0 Å². The molecular formula is C51H32N4O. The van der Waals surface area contributed by atoms with Crippen molar-refractivity contribution < 1.29 is 4.74 Å². The van der Waals surface area contributed by atoms with E-state index in [-0.39, 0.29) is 0 Å². The number of ether oxygens (including phenoxy) is 1. The molecule has 56 heavy (non-hydrogen) atoms. The van der Waals surface area contributed by atoms with Gasteiger partial charge in [-0.15, -0.1) is 0 Å². The lowest BCUT2D eigenvalue weighted by molar-refractivity contribution is 0.434. The molecule has 0 radical (unpaired) electrons. The average Bonchev–Trinajstić information content (AvgIpc) is 3.28. The Balaban J connectivity index is 1.21. The summed E-state index contributed by atoms with van der Waals surface area (Å²) in [6.45, 7) is 7.39. The van der Waals surface area contributed by atoms with Crippen molar-refractivity contribution in [3.8, 4) is 56.8 Å². The quantitative estimate of drug-likeness (QED) is 0.161. The zero-order valence-electron chi connectivity index (χ0n) is 30.2. The van der Waals surface area contributed by atoms with Crippen LogP contribution in [0.25, 0.3) is 60.9 Å². The van der Waals surface area contributed by atoms with Crippen LogP contribution in [0.15, 0.2) is 194 Å². The molecule has 1 aliphatic rings. The number of rotatable bonds is 6. The molecule has 0 atom stereocenters. The van der Waals surface area contributed by atoms with E-state index in [0.717, 1.165) is 72.3 Å². The van der Waals surface area contributed by atoms with Crippen molar-refractivity contribution in [2.24, 2.45) is 0 Å². The summed E-state index contributed by atoms with van der Waals surface area (Å²) in [5.41, 5.74) is 8.91. The smallest absolute Gasteiger partial charge is 0.187 e. The number of fused-ring (bicyclic) bond motifs is 3. The van der Waals surface area contributed by atoms with Gasteiger partial charge in [-0.05, 0) is 63.4 Å². The highest BCUT2D eigenvalue weighted by Gasteiger charge is 2.45. The minimum Gasteiger partial charge on any atom is -0.457 e. The molecule has 0 unspecified atom stereocenters. The van der Waals surface area contributed by atoms with Crippen LogP contribution in [0, 0.1) is 6.57 Å². The second kappa shape index (κ2) is 13.6. The van der Waals surface area contributed by atoms with E-state index >= 15 is 0 Å². The van der Waals surface area contributed by atoms with Crippen LogP contribution >= 0.6 is 0 Å². The van der Waals surface area contributed by atoms with Crippen LogP contribution in [0.4, 0.5) is 5.69 Å². The predicted octanol–water partition coefficient (Wildman–Crippen LogP) is 12.7. The van der Waals surface area contributed by atoms with E-state index in [1.54, 1.807) is 0 Å². The van der Waals surface area contributed by atoms with E-state index in [1.165, 1.54) is 0 Å². The van der Waals surface area contributed by atoms with Crippen molar-refractivity contribution in [3.05, 3.63) is 228 Å². The molecule has 0 saturated carbocycles. The van der Waals surface area contributed by atoms with Gasteiger partial charge in [0.15, 0.2) is 23.2 Å². The Bertz CT molecular complexity index is 2910. The molecule has 1 aromatic heterocycles. The van der Waals surface area contributed by atoms with Gasteiger partial charge in [-0.25, -0.2) is 19.8 Å². The SMILES string of the molecule is [C-]#[N+]c1ccc(-c2cccc(-c3nc(-c4ccc5c(c4)C(c4ccccc4)(c4ccccc4)c4ccccc4O5)nc(-c4cccc5ccccc45)n3)c2)cc1. The van der Waals surface area contributed by atoms with Crippen LogP contribution in [0.5, 0.6) is 11.5 Å². The molecule has 0 N–H and O–H groups in total. The van der Waals surface area contributed by atoms with Crippen LogP contribution in [-0.4, -0.2) is 15.0 Å². The van der Waals surface area contributed by atoms with Crippen molar-refractivity contribution in [3.63, 3.8) is 0 Å². The van der Waals surface area contributed by atoms with Gasteiger partial charge >= 0.3 is 0 Å². The van der Waals surface area contributed by atoms with Gasteiger partial charge in [-0.2, -0.15) is 0 Å². The van der Waals surface area contributed by atoms with Gasteiger partial charge in [0, 0.05) is 27.8 Å². The number of hydrogen-bond donors (Lipinski definition) is 0. The normalized spacial score (nSPS) is 12.6. The molecule has 9 aromatic rings. The molecule has 8 aromatic carbocycles. The van der Waals surface area contributed by atoms with Crippen LogP contribution in [0.3, 0.4) is 0 Å². The molecule has 0 spiro atoms. The number of hydrogen-bond acceptors (Lipinski definition) is 4. The third kappa shape index (κ3) is 5.52. The lowest BCUT2D eigenvalue weighted by Gasteiger charge is -2.41. The highest BCUT2D eigenvalue weighted by atomic mass is 16.5. The highest BCUT2D eigenvalue weighted by molar-refractivity contribution is 5.95. The molecule has 0 fully saturated rings. The maximum atomic E-state index is 7.39. The standard InChI is InChI=1S/C51H32N4O/c1-52-41-29-26-34(27-30-41)36-16-12-17-37(32-36)48-53-49(55-50(54-48)43-23-13-15-35-14-8-9-22-42(35)43)38-28-31-47-45(33-38)51(39-18-4-2-5-19-39,40-20-6-3-7-21-40)44-24-10-11-25-46(44)56-47/h2-33H. The van der Waals surface area contributed by atoms with E-state index in [2.05, 4.69) is 144 Å². The zero-order chi connectivity index (χ0) is 37.5. The Labute approximate surface area is 325 Å². The highest BCUT2D eigenvalue weighted by Crippen LogP contribution is 2.55. The lowest BCUT2D eigenvalue weighted by Crippen LogP contribution is -2.34. The monoisotopic (exact) mass is 716 g/mol. The summed E-state index contributed by atoms with van der Waals surface area (Å²) < 4.78 is 6.70. The third-order valence-electron chi connectivity index (χ3n) is 10.7. The second-order valence-electron chi connectivity index (χ2n) is 13.9. The van der Waals surface area contributed by atoms with Gasteiger partial charge in [0.25, 0.3) is 0 Å². The summed E-state index contributed by atoms with van der Waals surface area (Å²) in [5, 5.41) is 2.17. The van der Waals surface area contributed by atoms with Crippen LogP contribution in [-0.2, 0) is 5.41 Å². The molecule has 5 heteroatoms. The van der Waals surface area contributed by atoms with Gasteiger partial charge in [0.1, 0.15) is 11.5 Å². The van der Waals surface area contributed by atoms with Gasteiger partial charge < -0.3 is 4.74 Å². The van der Waals surface area contributed by atoms with E-state index in [1.807, 2.05) is 54.6 Å². The fourth-order valence-electron chi connectivity index (χ4n) is 8.09. The molecule has 0 aliphatic carbocycles. The Hall–Kier alpha value is -7.68. The molecule has 10 rings (SSSR count).